The Morgan fingerprint density at radius 3 is 2.33 bits per heavy atom. The van der Waals surface area contributed by atoms with Crippen molar-refractivity contribution in [1.29, 1.82) is 0 Å². The lowest BCUT2D eigenvalue weighted by Crippen LogP contribution is -2.36. The molecule has 0 radical (unpaired) electrons. The lowest BCUT2D eigenvalue weighted by Gasteiger charge is -2.14. The maximum Gasteiger partial charge on any atom is 0.335 e. The molecule has 2 aromatic rings. The molecule has 2 aliphatic rings. The summed E-state index contributed by atoms with van der Waals surface area (Å²) in [6, 6.07) is 12.2. The van der Waals surface area contributed by atoms with Crippen molar-refractivity contribution in [2.45, 2.75) is 6.92 Å². The van der Waals surface area contributed by atoms with Gasteiger partial charge in [0.1, 0.15) is 10.9 Å². The van der Waals surface area contributed by atoms with Crippen molar-refractivity contribution < 1.29 is 29.1 Å². The Bertz CT molecular complexity index is 1290. The number of nitrogens with one attached hydrogen (secondary N) is 1. The van der Waals surface area contributed by atoms with E-state index in [4.69, 9.17) is 17.3 Å². The third-order valence-corrected chi connectivity index (χ3v) is 6.39. The molecule has 0 saturated carbocycles. The predicted octanol–water partition coefficient (Wildman–Crippen LogP) is 2.49. The van der Waals surface area contributed by atoms with Gasteiger partial charge in [0, 0.05) is 18.2 Å². The number of carbonyl (C=O) groups excluding carboxylic acids is 4. The number of thiocarbonyl (C=S) groups is 1. The van der Waals surface area contributed by atoms with Crippen LogP contribution in [0.1, 0.15) is 22.8 Å². The number of aromatic carboxylic acids is 1. The Morgan fingerprint density at radius 1 is 1.03 bits per heavy atom. The fourth-order valence-corrected chi connectivity index (χ4v) is 4.80. The molecule has 166 valence electrons. The highest BCUT2D eigenvalue weighted by atomic mass is 32.2. The van der Waals surface area contributed by atoms with Crippen LogP contribution in [-0.4, -0.2) is 50.5 Å². The Morgan fingerprint density at radius 2 is 1.70 bits per heavy atom. The van der Waals surface area contributed by atoms with Crippen LogP contribution in [0.15, 0.2) is 53.4 Å². The predicted molar refractivity (Wildman–Crippen MR) is 125 cm³/mol. The van der Waals surface area contributed by atoms with E-state index < -0.39 is 36.1 Å². The van der Waals surface area contributed by atoms with E-state index in [1.165, 1.54) is 31.2 Å². The number of carbonyl (C=O) groups is 5. The number of nitrogens with zero attached hydrogens (tertiary/aromatic N) is 2. The number of benzene rings is 2. The summed E-state index contributed by atoms with van der Waals surface area (Å²) in [6.07, 6.45) is 0. The van der Waals surface area contributed by atoms with Gasteiger partial charge in [-0.1, -0.05) is 42.2 Å². The second-order valence-corrected chi connectivity index (χ2v) is 8.71. The van der Waals surface area contributed by atoms with Crippen molar-refractivity contribution in [3.8, 4) is 0 Å². The number of fused-ring (bicyclic) bond motifs is 1. The first kappa shape index (κ1) is 22.4. The number of rotatable bonds is 4. The van der Waals surface area contributed by atoms with Crippen LogP contribution >= 0.6 is 24.0 Å². The summed E-state index contributed by atoms with van der Waals surface area (Å²) in [5, 5.41) is 11.5. The zero-order chi connectivity index (χ0) is 23.9. The molecule has 33 heavy (non-hydrogen) atoms. The van der Waals surface area contributed by atoms with Gasteiger partial charge in [-0.3, -0.25) is 24.1 Å². The number of hydrogen-bond acceptors (Lipinski definition) is 7. The molecule has 0 atom stereocenters. The molecule has 2 N–H and O–H groups in total. The quantitative estimate of drug-likeness (QED) is 0.504. The summed E-state index contributed by atoms with van der Waals surface area (Å²) in [6.45, 7) is 0.866. The molecule has 4 rings (SSSR count). The maximum absolute atomic E-state index is 13.1. The van der Waals surface area contributed by atoms with Gasteiger partial charge in [0.15, 0.2) is 0 Å². The molecule has 1 saturated heterocycles. The SMILES string of the molecule is CC(=O)N1C(=O)/C(=C2\SC(=S)N(CC(=O)Nc3ccc(C(=O)O)cc3)C2=O)c2ccccc21. The summed E-state index contributed by atoms with van der Waals surface area (Å²) in [5.41, 5.74) is 1.33. The second-order valence-electron chi connectivity index (χ2n) is 7.07. The molecule has 0 spiro atoms. The summed E-state index contributed by atoms with van der Waals surface area (Å²) >= 11 is 6.17. The molecule has 11 heteroatoms. The number of anilines is 2. The van der Waals surface area contributed by atoms with Crippen molar-refractivity contribution in [1.82, 2.24) is 4.90 Å². The molecular formula is C22H15N3O6S2. The largest absolute Gasteiger partial charge is 0.478 e. The molecule has 4 amide bonds. The van der Waals surface area contributed by atoms with E-state index in [-0.39, 0.29) is 20.4 Å². The molecule has 0 aliphatic carbocycles. The molecule has 2 aliphatic heterocycles. The lowest BCUT2D eigenvalue weighted by atomic mass is 10.1. The highest BCUT2D eigenvalue weighted by Crippen LogP contribution is 2.44. The number of hydrogen-bond donors (Lipinski definition) is 2. The average molecular weight is 482 g/mol. The smallest absolute Gasteiger partial charge is 0.335 e. The normalized spacial score (nSPS) is 17.4. The van der Waals surface area contributed by atoms with E-state index >= 15 is 0 Å². The van der Waals surface area contributed by atoms with Crippen LogP contribution in [0.3, 0.4) is 0 Å². The third-order valence-electron chi connectivity index (χ3n) is 4.94. The van der Waals surface area contributed by atoms with Crippen molar-refractivity contribution in [3.63, 3.8) is 0 Å². The molecule has 1 fully saturated rings. The topological polar surface area (TPSA) is 124 Å². The van der Waals surface area contributed by atoms with Gasteiger partial charge in [-0.25, -0.2) is 9.69 Å². The molecular weight excluding hydrogens is 466 g/mol. The first-order valence-corrected chi connectivity index (χ1v) is 10.8. The van der Waals surface area contributed by atoms with E-state index in [1.54, 1.807) is 24.3 Å². The van der Waals surface area contributed by atoms with Crippen molar-refractivity contribution >= 4 is 74.8 Å². The minimum atomic E-state index is -1.09. The monoisotopic (exact) mass is 481 g/mol. The molecule has 0 unspecified atom stereocenters. The van der Waals surface area contributed by atoms with E-state index in [2.05, 4.69) is 5.32 Å². The molecule has 0 aromatic heterocycles. The van der Waals surface area contributed by atoms with E-state index in [0.29, 0.717) is 16.9 Å². The van der Waals surface area contributed by atoms with Gasteiger partial charge in [0.25, 0.3) is 11.8 Å². The van der Waals surface area contributed by atoms with Crippen molar-refractivity contribution in [3.05, 3.63) is 64.6 Å². The van der Waals surface area contributed by atoms with E-state index in [1.807, 2.05) is 0 Å². The highest BCUT2D eigenvalue weighted by Gasteiger charge is 2.43. The van der Waals surface area contributed by atoms with Gasteiger partial charge < -0.3 is 10.4 Å². The fourth-order valence-electron chi connectivity index (χ4n) is 3.47. The molecule has 2 aromatic carbocycles. The Labute approximate surface area is 197 Å². The summed E-state index contributed by atoms with van der Waals surface area (Å²) in [5.74, 6) is -3.35. The summed E-state index contributed by atoms with van der Waals surface area (Å²) < 4.78 is 0.102. The minimum absolute atomic E-state index is 0.0554. The van der Waals surface area contributed by atoms with Crippen LogP contribution in [-0.2, 0) is 19.2 Å². The second kappa shape index (κ2) is 8.60. The summed E-state index contributed by atoms with van der Waals surface area (Å²) in [7, 11) is 0. The zero-order valence-corrected chi connectivity index (χ0v) is 18.7. The molecule has 2 heterocycles. The number of para-hydroxylation sites is 1. The first-order chi connectivity index (χ1) is 15.7. The Kier molecular flexibility index (Phi) is 5.83. The average Bonchev–Trinajstić information content (AvgIpc) is 3.21. The van der Waals surface area contributed by atoms with Gasteiger partial charge in [-0.15, -0.1) is 0 Å². The van der Waals surface area contributed by atoms with Crippen LogP contribution in [0.2, 0.25) is 0 Å². The number of carboxylic acid groups (broad SMARTS) is 1. The Hall–Kier alpha value is -3.83. The van der Waals surface area contributed by atoms with Crippen LogP contribution in [0.5, 0.6) is 0 Å². The maximum atomic E-state index is 13.1. The van der Waals surface area contributed by atoms with E-state index in [0.717, 1.165) is 21.6 Å². The van der Waals surface area contributed by atoms with Crippen molar-refractivity contribution in [2.24, 2.45) is 0 Å². The summed E-state index contributed by atoms with van der Waals surface area (Å²) in [4.78, 5) is 63.7. The fraction of sp³-hybridized carbons (Fsp3) is 0.0909. The van der Waals surface area contributed by atoms with Gasteiger partial charge in [0.2, 0.25) is 11.8 Å². The van der Waals surface area contributed by atoms with Gasteiger partial charge in [-0.05, 0) is 30.3 Å². The van der Waals surface area contributed by atoms with Gasteiger partial charge in [-0.2, -0.15) is 0 Å². The number of amides is 4. The minimum Gasteiger partial charge on any atom is -0.478 e. The zero-order valence-electron chi connectivity index (χ0n) is 17.0. The standard InChI is InChI=1S/C22H15N3O6S2/c1-11(26)25-15-5-3-2-4-14(15)17(19(25)28)18-20(29)24(22(32)33-18)10-16(27)23-13-8-6-12(7-9-13)21(30)31/h2-9H,10H2,1H3,(H,23,27)(H,30,31)/b18-17-. The van der Waals surface area contributed by atoms with E-state index in [9.17, 15) is 24.0 Å². The first-order valence-electron chi connectivity index (χ1n) is 9.54. The van der Waals surface area contributed by atoms with Crippen molar-refractivity contribution in [2.75, 3.05) is 16.8 Å². The molecule has 9 nitrogen and oxygen atoms in total. The van der Waals surface area contributed by atoms with Crippen LogP contribution in [0.25, 0.3) is 5.57 Å². The number of thioether (sulfide) groups is 1. The molecule has 0 bridgehead atoms. The van der Waals surface area contributed by atoms with Crippen LogP contribution in [0, 0.1) is 0 Å². The lowest BCUT2D eigenvalue weighted by molar-refractivity contribution is -0.126. The van der Waals surface area contributed by atoms with Gasteiger partial charge in [0.05, 0.1) is 21.7 Å². The Balaban J connectivity index is 1.57. The number of imide groups is 1. The number of carboxylic acids is 1. The third kappa shape index (κ3) is 4.03. The van der Waals surface area contributed by atoms with Crippen LogP contribution < -0.4 is 10.2 Å². The highest BCUT2D eigenvalue weighted by molar-refractivity contribution is 8.26. The van der Waals surface area contributed by atoms with Crippen LogP contribution in [0.4, 0.5) is 11.4 Å². The van der Waals surface area contributed by atoms with Gasteiger partial charge >= 0.3 is 5.97 Å².